The monoisotopic (exact) mass is 228 g/mol. The molecular weight excluding hydrogens is 212 g/mol. The molecular formula is C14H16N2O. The molecule has 0 radical (unpaired) electrons. The summed E-state index contributed by atoms with van der Waals surface area (Å²) in [6.45, 7) is 3.63. The van der Waals surface area contributed by atoms with Crippen LogP contribution in [0.4, 0.5) is 4.79 Å². The lowest BCUT2D eigenvalue weighted by Crippen LogP contribution is -2.47. The van der Waals surface area contributed by atoms with Crippen molar-refractivity contribution in [3.8, 4) is 0 Å². The maximum Gasteiger partial charge on any atom is 0.322 e. The number of nitrogens with one attached hydrogen (secondary N) is 1. The van der Waals surface area contributed by atoms with Gasteiger partial charge >= 0.3 is 6.03 Å². The normalized spacial score (nSPS) is 18.6. The SMILES string of the molecule is CCC1=C2c3ccccc3CCN2C(=O)NC1. The molecule has 2 aliphatic heterocycles. The Labute approximate surface area is 101 Å². The molecule has 0 saturated heterocycles. The highest BCUT2D eigenvalue weighted by atomic mass is 16.2. The summed E-state index contributed by atoms with van der Waals surface area (Å²) in [5.74, 6) is 0. The second-order valence-electron chi connectivity index (χ2n) is 4.52. The second kappa shape index (κ2) is 3.91. The lowest BCUT2D eigenvalue weighted by Gasteiger charge is -2.37. The Morgan fingerprint density at radius 2 is 2.18 bits per heavy atom. The highest BCUT2D eigenvalue weighted by Gasteiger charge is 2.30. The minimum absolute atomic E-state index is 0.0479. The molecule has 0 aromatic heterocycles. The molecule has 2 heterocycles. The number of hydrogen-bond acceptors (Lipinski definition) is 1. The predicted octanol–water partition coefficient (Wildman–Crippen LogP) is 2.39. The largest absolute Gasteiger partial charge is 0.334 e. The van der Waals surface area contributed by atoms with Crippen molar-refractivity contribution in [2.24, 2.45) is 0 Å². The van der Waals surface area contributed by atoms with Crippen LogP contribution in [-0.2, 0) is 6.42 Å². The number of benzene rings is 1. The number of nitrogens with zero attached hydrogens (tertiary/aromatic N) is 1. The summed E-state index contributed by atoms with van der Waals surface area (Å²) in [7, 11) is 0. The lowest BCUT2D eigenvalue weighted by molar-refractivity contribution is 0.215. The molecule has 3 rings (SSSR count). The lowest BCUT2D eigenvalue weighted by atomic mass is 9.92. The van der Waals surface area contributed by atoms with Gasteiger partial charge in [0.1, 0.15) is 0 Å². The van der Waals surface area contributed by atoms with Crippen LogP contribution < -0.4 is 5.32 Å². The zero-order chi connectivity index (χ0) is 11.8. The average molecular weight is 228 g/mol. The van der Waals surface area contributed by atoms with Crippen molar-refractivity contribution in [2.45, 2.75) is 19.8 Å². The maximum absolute atomic E-state index is 11.9. The standard InChI is InChI=1S/C14H16N2O/c1-2-10-9-15-14(17)16-8-7-11-5-3-4-6-12(11)13(10)16/h3-6H,2,7-9H2,1H3,(H,15,17). The molecule has 0 unspecified atom stereocenters. The Morgan fingerprint density at radius 1 is 1.35 bits per heavy atom. The number of carbonyl (C=O) groups excluding carboxylic acids is 1. The molecule has 1 aromatic carbocycles. The molecule has 0 fully saturated rings. The van der Waals surface area contributed by atoms with Crippen molar-refractivity contribution in [3.63, 3.8) is 0 Å². The Balaban J connectivity index is 2.19. The van der Waals surface area contributed by atoms with Gasteiger partial charge in [-0.1, -0.05) is 31.2 Å². The van der Waals surface area contributed by atoms with E-state index in [0.29, 0.717) is 6.54 Å². The van der Waals surface area contributed by atoms with Crippen LogP contribution >= 0.6 is 0 Å². The van der Waals surface area contributed by atoms with Gasteiger partial charge in [-0.05, 0) is 24.0 Å². The number of urea groups is 1. The number of hydrogen-bond donors (Lipinski definition) is 1. The number of carbonyl (C=O) groups is 1. The minimum Gasteiger partial charge on any atom is -0.334 e. The van der Waals surface area contributed by atoms with Crippen LogP contribution in [0.15, 0.2) is 29.8 Å². The molecule has 88 valence electrons. The van der Waals surface area contributed by atoms with Gasteiger partial charge in [-0.3, -0.25) is 4.90 Å². The number of fused-ring (bicyclic) bond motifs is 3. The van der Waals surface area contributed by atoms with Crippen LogP contribution in [0, 0.1) is 0 Å². The predicted molar refractivity (Wildman–Crippen MR) is 67.5 cm³/mol. The molecule has 1 N–H and O–H groups in total. The van der Waals surface area contributed by atoms with Crippen LogP contribution in [0.3, 0.4) is 0 Å². The third-order valence-electron chi connectivity index (χ3n) is 3.61. The molecule has 0 bridgehead atoms. The molecule has 0 atom stereocenters. The molecule has 2 amide bonds. The summed E-state index contributed by atoms with van der Waals surface area (Å²) in [6, 6.07) is 8.47. The molecule has 3 heteroatoms. The van der Waals surface area contributed by atoms with E-state index in [1.807, 2.05) is 4.90 Å². The summed E-state index contributed by atoms with van der Waals surface area (Å²) in [5, 5.41) is 2.94. The van der Waals surface area contributed by atoms with E-state index < -0.39 is 0 Å². The first-order valence-electron chi connectivity index (χ1n) is 6.17. The average Bonchev–Trinajstić information content (AvgIpc) is 2.39. The van der Waals surface area contributed by atoms with Crippen molar-refractivity contribution in [1.29, 1.82) is 0 Å². The van der Waals surface area contributed by atoms with E-state index >= 15 is 0 Å². The molecule has 17 heavy (non-hydrogen) atoms. The van der Waals surface area contributed by atoms with Crippen LogP contribution in [-0.4, -0.2) is 24.0 Å². The summed E-state index contributed by atoms with van der Waals surface area (Å²) in [6.07, 6.45) is 1.94. The fraction of sp³-hybridized carbons (Fsp3) is 0.357. The van der Waals surface area contributed by atoms with Crippen molar-refractivity contribution < 1.29 is 4.79 Å². The van der Waals surface area contributed by atoms with Gasteiger partial charge in [0, 0.05) is 18.7 Å². The molecule has 3 nitrogen and oxygen atoms in total. The van der Waals surface area contributed by atoms with Gasteiger partial charge in [-0.2, -0.15) is 0 Å². The smallest absolute Gasteiger partial charge is 0.322 e. The van der Waals surface area contributed by atoms with E-state index in [9.17, 15) is 4.79 Å². The van der Waals surface area contributed by atoms with Gasteiger partial charge in [-0.25, -0.2) is 4.79 Å². The topological polar surface area (TPSA) is 32.3 Å². The first kappa shape index (κ1) is 10.4. The molecule has 2 aliphatic rings. The van der Waals surface area contributed by atoms with Crippen LogP contribution in [0.5, 0.6) is 0 Å². The van der Waals surface area contributed by atoms with E-state index in [1.54, 1.807) is 0 Å². The van der Waals surface area contributed by atoms with Crippen molar-refractivity contribution in [1.82, 2.24) is 10.2 Å². The summed E-state index contributed by atoms with van der Waals surface area (Å²) < 4.78 is 0. The third-order valence-corrected chi connectivity index (χ3v) is 3.61. The first-order chi connectivity index (χ1) is 8.31. The van der Waals surface area contributed by atoms with E-state index in [4.69, 9.17) is 0 Å². The Kier molecular flexibility index (Phi) is 2.39. The van der Waals surface area contributed by atoms with Crippen molar-refractivity contribution >= 4 is 11.7 Å². The van der Waals surface area contributed by atoms with Crippen molar-refractivity contribution in [3.05, 3.63) is 41.0 Å². The first-order valence-corrected chi connectivity index (χ1v) is 6.17. The van der Waals surface area contributed by atoms with Crippen LogP contribution in [0.25, 0.3) is 5.70 Å². The highest BCUT2D eigenvalue weighted by Crippen LogP contribution is 2.33. The third kappa shape index (κ3) is 1.54. The second-order valence-corrected chi connectivity index (χ2v) is 4.52. The van der Waals surface area contributed by atoms with Crippen molar-refractivity contribution in [2.75, 3.05) is 13.1 Å². The van der Waals surface area contributed by atoms with Gasteiger partial charge < -0.3 is 5.32 Å². The van der Waals surface area contributed by atoms with E-state index in [-0.39, 0.29) is 6.03 Å². The van der Waals surface area contributed by atoms with Gasteiger partial charge in [0.25, 0.3) is 0 Å². The zero-order valence-electron chi connectivity index (χ0n) is 9.99. The fourth-order valence-corrected chi connectivity index (χ4v) is 2.70. The van der Waals surface area contributed by atoms with Crippen LogP contribution in [0.1, 0.15) is 24.5 Å². The van der Waals surface area contributed by atoms with E-state index in [2.05, 4.69) is 36.5 Å². The van der Waals surface area contributed by atoms with E-state index in [1.165, 1.54) is 16.7 Å². The van der Waals surface area contributed by atoms with Crippen LogP contribution in [0.2, 0.25) is 0 Å². The number of amides is 2. The maximum atomic E-state index is 11.9. The van der Waals surface area contributed by atoms with E-state index in [0.717, 1.165) is 25.1 Å². The summed E-state index contributed by atoms with van der Waals surface area (Å²) in [4.78, 5) is 13.8. The van der Waals surface area contributed by atoms with Gasteiger partial charge in [-0.15, -0.1) is 0 Å². The minimum atomic E-state index is 0.0479. The Hall–Kier alpha value is -1.77. The Morgan fingerprint density at radius 3 is 3.00 bits per heavy atom. The molecule has 0 saturated carbocycles. The summed E-state index contributed by atoms with van der Waals surface area (Å²) >= 11 is 0. The van der Waals surface area contributed by atoms with Gasteiger partial charge in [0.2, 0.25) is 0 Å². The quantitative estimate of drug-likeness (QED) is 0.786. The van der Waals surface area contributed by atoms with Gasteiger partial charge in [0.15, 0.2) is 0 Å². The fourth-order valence-electron chi connectivity index (χ4n) is 2.70. The van der Waals surface area contributed by atoms with Gasteiger partial charge in [0.05, 0.1) is 5.70 Å². The zero-order valence-corrected chi connectivity index (χ0v) is 9.99. The molecule has 0 spiro atoms. The molecule has 0 aliphatic carbocycles. The number of rotatable bonds is 1. The Bertz CT molecular complexity index is 505. The summed E-state index contributed by atoms with van der Waals surface area (Å²) in [5.41, 5.74) is 5.08. The molecule has 1 aromatic rings. The highest BCUT2D eigenvalue weighted by molar-refractivity contribution is 5.91.